The van der Waals surface area contributed by atoms with Crippen LogP contribution in [0.5, 0.6) is 0 Å². The molecular weight excluding hydrogens is 222 g/mol. The molecule has 2 atom stereocenters. The van der Waals surface area contributed by atoms with Gasteiger partial charge < -0.3 is 21.0 Å². The molecule has 2 unspecified atom stereocenters. The van der Waals surface area contributed by atoms with E-state index in [1.54, 1.807) is 25.1 Å². The van der Waals surface area contributed by atoms with E-state index in [0.717, 1.165) is 0 Å². The zero-order chi connectivity index (χ0) is 12.6. The molecule has 0 radical (unpaired) electrons. The minimum absolute atomic E-state index is 0.549. The average molecular weight is 235 g/mol. The standard InChI is InChI=1S/C11H13N3O3/c1-5-14-7-3-2-6(4-8(7)17-5)9(12)10(13)11(15)16/h2-4,9-10H,12-13H2,1H3,(H,15,16). The van der Waals surface area contributed by atoms with Crippen LogP contribution in [0.4, 0.5) is 0 Å². The third-order valence-electron chi connectivity index (χ3n) is 2.58. The Balaban J connectivity index is 2.38. The van der Waals surface area contributed by atoms with Gasteiger partial charge in [0.05, 0.1) is 6.04 Å². The van der Waals surface area contributed by atoms with E-state index in [9.17, 15) is 4.79 Å². The normalized spacial score (nSPS) is 14.8. The number of hydrogen-bond donors (Lipinski definition) is 3. The van der Waals surface area contributed by atoms with E-state index in [1.165, 1.54) is 0 Å². The fourth-order valence-electron chi connectivity index (χ4n) is 1.62. The van der Waals surface area contributed by atoms with E-state index in [0.29, 0.717) is 22.6 Å². The Hall–Kier alpha value is -1.92. The lowest BCUT2D eigenvalue weighted by molar-refractivity contribution is -0.139. The molecule has 0 bridgehead atoms. The first-order valence-electron chi connectivity index (χ1n) is 5.10. The van der Waals surface area contributed by atoms with Crippen LogP contribution in [0.2, 0.25) is 0 Å². The SMILES string of the molecule is Cc1nc2ccc(C(N)C(N)C(=O)O)cc2o1. The minimum atomic E-state index is -1.14. The van der Waals surface area contributed by atoms with Gasteiger partial charge in [-0.2, -0.15) is 0 Å². The zero-order valence-electron chi connectivity index (χ0n) is 9.25. The Labute approximate surface area is 97.2 Å². The summed E-state index contributed by atoms with van der Waals surface area (Å²) in [5, 5.41) is 8.79. The number of aliphatic carboxylic acids is 1. The molecule has 0 fully saturated rings. The van der Waals surface area contributed by atoms with Crippen molar-refractivity contribution in [1.82, 2.24) is 4.98 Å². The molecule has 0 saturated heterocycles. The number of carboxylic acid groups (broad SMARTS) is 1. The molecule has 0 spiro atoms. The van der Waals surface area contributed by atoms with Crippen molar-refractivity contribution in [2.24, 2.45) is 11.5 Å². The molecule has 2 aromatic rings. The highest BCUT2D eigenvalue weighted by atomic mass is 16.4. The monoisotopic (exact) mass is 235 g/mol. The summed E-state index contributed by atoms with van der Waals surface area (Å²) in [5.74, 6) is -0.584. The highest BCUT2D eigenvalue weighted by Gasteiger charge is 2.22. The molecule has 1 heterocycles. The van der Waals surface area contributed by atoms with E-state index in [-0.39, 0.29) is 0 Å². The van der Waals surface area contributed by atoms with Crippen molar-refractivity contribution in [2.75, 3.05) is 0 Å². The van der Waals surface area contributed by atoms with Crippen LogP contribution in [0.15, 0.2) is 22.6 Å². The molecule has 90 valence electrons. The molecular formula is C11H13N3O3. The lowest BCUT2D eigenvalue weighted by atomic mass is 10.0. The van der Waals surface area contributed by atoms with Crippen LogP contribution in [0.3, 0.4) is 0 Å². The van der Waals surface area contributed by atoms with E-state index in [2.05, 4.69) is 4.98 Å². The number of nitrogens with two attached hydrogens (primary N) is 2. The van der Waals surface area contributed by atoms with Crippen LogP contribution >= 0.6 is 0 Å². The summed E-state index contributed by atoms with van der Waals surface area (Å²) in [6, 6.07) is 3.19. The van der Waals surface area contributed by atoms with Crippen molar-refractivity contribution < 1.29 is 14.3 Å². The Kier molecular flexibility index (Phi) is 2.83. The second-order valence-electron chi connectivity index (χ2n) is 3.85. The predicted molar refractivity (Wildman–Crippen MR) is 61.3 cm³/mol. The molecule has 17 heavy (non-hydrogen) atoms. The third kappa shape index (κ3) is 2.13. The van der Waals surface area contributed by atoms with Gasteiger partial charge in [-0.3, -0.25) is 4.79 Å². The average Bonchev–Trinajstić information content (AvgIpc) is 2.65. The largest absolute Gasteiger partial charge is 0.480 e. The summed E-state index contributed by atoms with van der Waals surface area (Å²) >= 11 is 0. The van der Waals surface area contributed by atoms with Crippen molar-refractivity contribution in [3.63, 3.8) is 0 Å². The predicted octanol–water partition coefficient (Wildman–Crippen LogP) is 0.548. The van der Waals surface area contributed by atoms with E-state index < -0.39 is 18.1 Å². The van der Waals surface area contributed by atoms with Gasteiger partial charge in [0.25, 0.3) is 0 Å². The van der Waals surface area contributed by atoms with Crippen molar-refractivity contribution >= 4 is 17.1 Å². The van der Waals surface area contributed by atoms with E-state index >= 15 is 0 Å². The molecule has 6 nitrogen and oxygen atoms in total. The maximum absolute atomic E-state index is 10.7. The molecule has 0 saturated carbocycles. The number of fused-ring (bicyclic) bond motifs is 1. The highest BCUT2D eigenvalue weighted by Crippen LogP contribution is 2.21. The number of hydrogen-bond acceptors (Lipinski definition) is 5. The van der Waals surface area contributed by atoms with Crippen molar-refractivity contribution in [1.29, 1.82) is 0 Å². The fraction of sp³-hybridized carbons (Fsp3) is 0.273. The van der Waals surface area contributed by atoms with E-state index in [1.807, 2.05) is 0 Å². The molecule has 1 aromatic carbocycles. The number of oxazole rings is 1. The molecule has 0 aliphatic rings. The highest BCUT2D eigenvalue weighted by molar-refractivity contribution is 5.76. The molecule has 0 amide bonds. The number of benzene rings is 1. The van der Waals surface area contributed by atoms with Gasteiger partial charge in [0.2, 0.25) is 0 Å². The van der Waals surface area contributed by atoms with Gasteiger partial charge in [-0.25, -0.2) is 4.98 Å². The first-order chi connectivity index (χ1) is 7.99. The van der Waals surface area contributed by atoms with Gasteiger partial charge >= 0.3 is 5.97 Å². The Bertz CT molecular complexity index is 564. The first-order valence-corrected chi connectivity index (χ1v) is 5.10. The first kappa shape index (κ1) is 11.6. The number of aryl methyl sites for hydroxylation is 1. The number of carboxylic acids is 1. The molecule has 2 rings (SSSR count). The van der Waals surface area contributed by atoms with Gasteiger partial charge in [-0.15, -0.1) is 0 Å². The van der Waals surface area contributed by atoms with Gasteiger partial charge in [0.1, 0.15) is 11.6 Å². The second-order valence-corrected chi connectivity index (χ2v) is 3.85. The van der Waals surface area contributed by atoms with Crippen LogP contribution in [-0.2, 0) is 4.79 Å². The Morgan fingerprint density at radius 1 is 1.47 bits per heavy atom. The quantitative estimate of drug-likeness (QED) is 0.715. The van der Waals surface area contributed by atoms with Gasteiger partial charge in [0, 0.05) is 6.92 Å². The van der Waals surface area contributed by atoms with Crippen molar-refractivity contribution in [2.45, 2.75) is 19.0 Å². The zero-order valence-corrected chi connectivity index (χ0v) is 9.25. The molecule has 5 N–H and O–H groups in total. The van der Waals surface area contributed by atoms with Crippen LogP contribution in [0, 0.1) is 6.92 Å². The van der Waals surface area contributed by atoms with Crippen molar-refractivity contribution in [3.05, 3.63) is 29.7 Å². The van der Waals surface area contributed by atoms with Crippen LogP contribution in [0.25, 0.3) is 11.1 Å². The van der Waals surface area contributed by atoms with Crippen LogP contribution in [0.1, 0.15) is 17.5 Å². The summed E-state index contributed by atoms with van der Waals surface area (Å²) in [6.45, 7) is 1.74. The molecule has 6 heteroatoms. The summed E-state index contributed by atoms with van der Waals surface area (Å²) in [4.78, 5) is 14.9. The number of nitrogens with zero attached hydrogens (tertiary/aromatic N) is 1. The maximum Gasteiger partial charge on any atom is 0.322 e. The summed E-state index contributed by atoms with van der Waals surface area (Å²) in [6.07, 6.45) is 0. The van der Waals surface area contributed by atoms with Gasteiger partial charge in [-0.05, 0) is 17.7 Å². The smallest absolute Gasteiger partial charge is 0.322 e. The van der Waals surface area contributed by atoms with Gasteiger partial charge in [-0.1, -0.05) is 6.07 Å². The minimum Gasteiger partial charge on any atom is -0.480 e. The third-order valence-corrected chi connectivity index (χ3v) is 2.58. The summed E-state index contributed by atoms with van der Waals surface area (Å²) < 4.78 is 5.34. The molecule has 0 aliphatic carbocycles. The number of rotatable bonds is 3. The maximum atomic E-state index is 10.7. The fourth-order valence-corrected chi connectivity index (χ4v) is 1.62. The van der Waals surface area contributed by atoms with Crippen molar-refractivity contribution in [3.8, 4) is 0 Å². The molecule has 1 aromatic heterocycles. The lowest BCUT2D eigenvalue weighted by Gasteiger charge is -2.15. The summed E-state index contributed by atoms with van der Waals surface area (Å²) in [7, 11) is 0. The van der Waals surface area contributed by atoms with E-state index in [4.69, 9.17) is 21.0 Å². The van der Waals surface area contributed by atoms with Crippen LogP contribution in [-0.4, -0.2) is 22.1 Å². The van der Waals surface area contributed by atoms with Gasteiger partial charge in [0.15, 0.2) is 11.5 Å². The summed E-state index contributed by atoms with van der Waals surface area (Å²) in [5.41, 5.74) is 13.1. The Morgan fingerprint density at radius 3 is 2.82 bits per heavy atom. The Morgan fingerprint density at radius 2 is 2.18 bits per heavy atom. The van der Waals surface area contributed by atoms with Crippen LogP contribution < -0.4 is 11.5 Å². The number of aromatic nitrogens is 1. The topological polar surface area (TPSA) is 115 Å². The number of carbonyl (C=O) groups is 1. The molecule has 0 aliphatic heterocycles. The lowest BCUT2D eigenvalue weighted by Crippen LogP contribution is -2.40. The second kappa shape index (κ2) is 4.15.